The molecule has 0 amide bonds. The number of epoxide rings is 1. The van der Waals surface area contributed by atoms with E-state index in [2.05, 4.69) is 41.5 Å². The van der Waals surface area contributed by atoms with Crippen LogP contribution in [0, 0.1) is 5.92 Å². The molecule has 1 aliphatic carbocycles. The molecule has 1 aliphatic heterocycles. The van der Waals surface area contributed by atoms with Crippen molar-refractivity contribution in [3.63, 3.8) is 0 Å². The SMILES string of the molecule is CC(C)[O][Ti]([CH2]CC1CCC2OC2C1)([O]C(C)C)[O]C(C)C. The van der Waals surface area contributed by atoms with Gasteiger partial charge < -0.3 is 0 Å². The molecule has 1 saturated heterocycles. The van der Waals surface area contributed by atoms with E-state index in [1.54, 1.807) is 0 Å². The van der Waals surface area contributed by atoms with Crippen LogP contribution in [0.2, 0.25) is 4.73 Å². The quantitative estimate of drug-likeness (QED) is 0.452. The van der Waals surface area contributed by atoms with Crippen molar-refractivity contribution in [3.8, 4) is 0 Å². The predicted molar refractivity (Wildman–Crippen MR) is 84.1 cm³/mol. The molecule has 3 atom stereocenters. The summed E-state index contributed by atoms with van der Waals surface area (Å²) in [5, 5.41) is 0. The first-order chi connectivity index (χ1) is 10.3. The van der Waals surface area contributed by atoms with Crippen molar-refractivity contribution in [2.24, 2.45) is 5.92 Å². The summed E-state index contributed by atoms with van der Waals surface area (Å²) >= 11 is -3.21. The summed E-state index contributed by atoms with van der Waals surface area (Å²) < 4.78 is 25.5. The number of hydrogen-bond acceptors (Lipinski definition) is 4. The zero-order valence-corrected chi connectivity index (χ0v) is 16.7. The van der Waals surface area contributed by atoms with Crippen LogP contribution in [0.1, 0.15) is 67.2 Å². The normalized spacial score (nSPS) is 28.5. The molecule has 2 rings (SSSR count). The second kappa shape index (κ2) is 8.09. The molecular formula is C17H34O4Ti. The fourth-order valence-electron chi connectivity index (χ4n) is 3.47. The molecule has 0 N–H and O–H groups in total. The summed E-state index contributed by atoms with van der Waals surface area (Å²) in [6, 6.07) is 0. The van der Waals surface area contributed by atoms with E-state index in [4.69, 9.17) is 14.7 Å². The van der Waals surface area contributed by atoms with E-state index in [9.17, 15) is 0 Å². The van der Waals surface area contributed by atoms with Gasteiger partial charge in [-0.15, -0.1) is 0 Å². The average Bonchev–Trinajstić information content (AvgIpc) is 3.12. The van der Waals surface area contributed by atoms with Gasteiger partial charge in [0.25, 0.3) is 0 Å². The second-order valence-corrected chi connectivity index (χ2v) is 11.6. The fourth-order valence-corrected chi connectivity index (χ4v) is 8.83. The van der Waals surface area contributed by atoms with Crippen molar-refractivity contribution in [1.29, 1.82) is 0 Å². The molecule has 2 aliphatic rings. The maximum absolute atomic E-state index is 6.30. The fraction of sp³-hybridized carbons (Fsp3) is 1.00. The van der Waals surface area contributed by atoms with Gasteiger partial charge >= 0.3 is 141 Å². The number of hydrogen-bond donors (Lipinski definition) is 0. The molecule has 0 bridgehead atoms. The second-order valence-electron chi connectivity index (χ2n) is 7.61. The van der Waals surface area contributed by atoms with Gasteiger partial charge in [0, 0.05) is 0 Å². The summed E-state index contributed by atoms with van der Waals surface area (Å²) in [5.74, 6) is 0.746. The van der Waals surface area contributed by atoms with Crippen LogP contribution in [0.4, 0.5) is 0 Å². The van der Waals surface area contributed by atoms with Crippen LogP contribution < -0.4 is 0 Å². The van der Waals surface area contributed by atoms with Crippen LogP contribution in [-0.4, -0.2) is 30.5 Å². The van der Waals surface area contributed by atoms with E-state index in [0.717, 1.165) is 17.1 Å². The van der Waals surface area contributed by atoms with Gasteiger partial charge in [0.2, 0.25) is 0 Å². The maximum atomic E-state index is 6.30. The summed E-state index contributed by atoms with van der Waals surface area (Å²) in [4.78, 5) is 0. The van der Waals surface area contributed by atoms with E-state index in [1.165, 1.54) is 19.3 Å². The average molecular weight is 350 g/mol. The Kier molecular flexibility index (Phi) is 6.94. The molecule has 1 heterocycles. The zero-order chi connectivity index (χ0) is 16.3. The summed E-state index contributed by atoms with van der Waals surface area (Å²) in [7, 11) is 0. The Morgan fingerprint density at radius 3 is 1.86 bits per heavy atom. The van der Waals surface area contributed by atoms with Gasteiger partial charge in [-0.3, -0.25) is 0 Å². The Bertz CT molecular complexity index is 319. The van der Waals surface area contributed by atoms with E-state index >= 15 is 0 Å². The van der Waals surface area contributed by atoms with Gasteiger partial charge in [0.15, 0.2) is 0 Å². The molecule has 0 spiro atoms. The molecule has 22 heavy (non-hydrogen) atoms. The molecule has 4 nitrogen and oxygen atoms in total. The minimum atomic E-state index is -3.21. The van der Waals surface area contributed by atoms with Crippen molar-refractivity contribution in [2.45, 2.75) is 102 Å². The Morgan fingerprint density at radius 1 is 0.864 bits per heavy atom. The topological polar surface area (TPSA) is 40.2 Å². The minimum absolute atomic E-state index is 0.153. The molecule has 0 aromatic rings. The van der Waals surface area contributed by atoms with Gasteiger partial charge in [0.05, 0.1) is 0 Å². The first kappa shape index (κ1) is 18.9. The van der Waals surface area contributed by atoms with Crippen molar-refractivity contribution in [3.05, 3.63) is 0 Å². The Morgan fingerprint density at radius 2 is 1.41 bits per heavy atom. The van der Waals surface area contributed by atoms with Crippen LogP contribution in [-0.2, 0) is 32.4 Å². The van der Waals surface area contributed by atoms with Gasteiger partial charge in [-0.1, -0.05) is 0 Å². The summed E-state index contributed by atoms with van der Waals surface area (Å²) in [5.41, 5.74) is 0. The predicted octanol–water partition coefficient (Wildman–Crippen LogP) is 4.54. The van der Waals surface area contributed by atoms with Crippen LogP contribution in [0.15, 0.2) is 0 Å². The van der Waals surface area contributed by atoms with E-state index in [1.807, 2.05) is 0 Å². The first-order valence-corrected chi connectivity index (χ1v) is 12.0. The van der Waals surface area contributed by atoms with Crippen molar-refractivity contribution >= 4 is 0 Å². The van der Waals surface area contributed by atoms with Crippen LogP contribution >= 0.6 is 0 Å². The monoisotopic (exact) mass is 350 g/mol. The molecule has 1 saturated carbocycles. The van der Waals surface area contributed by atoms with E-state index in [-0.39, 0.29) is 18.3 Å². The van der Waals surface area contributed by atoms with Crippen LogP contribution in [0.3, 0.4) is 0 Å². The van der Waals surface area contributed by atoms with Crippen molar-refractivity contribution < 1.29 is 32.4 Å². The van der Waals surface area contributed by atoms with Gasteiger partial charge in [-0.2, -0.15) is 0 Å². The van der Waals surface area contributed by atoms with Crippen molar-refractivity contribution in [1.82, 2.24) is 0 Å². The number of rotatable bonds is 9. The Labute approximate surface area is 141 Å². The summed E-state index contributed by atoms with van der Waals surface area (Å²) in [6.45, 7) is 12.5. The molecule has 3 unspecified atom stereocenters. The molecule has 0 aromatic heterocycles. The van der Waals surface area contributed by atoms with Gasteiger partial charge in [-0.05, 0) is 0 Å². The van der Waals surface area contributed by atoms with Crippen LogP contribution in [0.25, 0.3) is 0 Å². The van der Waals surface area contributed by atoms with Crippen molar-refractivity contribution in [2.75, 3.05) is 0 Å². The number of ether oxygens (including phenoxy) is 1. The molecule has 5 heteroatoms. The Balaban J connectivity index is 1.96. The van der Waals surface area contributed by atoms with Gasteiger partial charge in [-0.25, -0.2) is 0 Å². The molecular weight excluding hydrogens is 316 g/mol. The summed E-state index contributed by atoms with van der Waals surface area (Å²) in [6.07, 6.45) is 6.46. The Hall–Kier alpha value is 0.554. The number of fused-ring (bicyclic) bond motifs is 1. The van der Waals surface area contributed by atoms with Crippen LogP contribution in [0.5, 0.6) is 0 Å². The van der Waals surface area contributed by atoms with E-state index in [0.29, 0.717) is 12.2 Å². The van der Waals surface area contributed by atoms with Gasteiger partial charge in [0.1, 0.15) is 0 Å². The molecule has 130 valence electrons. The standard InChI is InChI=1S/C8H13O.3C3H7O.Ti/c1-2-6-3-4-7-8(5-6)9-7;3*1-3(2)4;/h6-8H,1-5H2;3*3H,1-2H3;/q;3*-1;+3. The molecule has 2 fully saturated rings. The third-order valence-electron chi connectivity index (χ3n) is 4.22. The van der Waals surface area contributed by atoms with E-state index < -0.39 is 17.8 Å². The molecule has 0 radical (unpaired) electrons. The third kappa shape index (κ3) is 5.88. The first-order valence-electron chi connectivity index (χ1n) is 8.98. The zero-order valence-electron chi connectivity index (χ0n) is 15.1. The third-order valence-corrected chi connectivity index (χ3v) is 9.52. The molecule has 0 aromatic carbocycles.